The first-order valence-electron chi connectivity index (χ1n) is 10.4. The van der Waals surface area contributed by atoms with E-state index in [1.807, 2.05) is 13.8 Å². The van der Waals surface area contributed by atoms with E-state index in [0.717, 1.165) is 10.6 Å². The predicted octanol–water partition coefficient (Wildman–Crippen LogP) is 2.70. The first kappa shape index (κ1) is 27.1. The van der Waals surface area contributed by atoms with Gasteiger partial charge in [0.1, 0.15) is 18.0 Å². The molecule has 1 aromatic heterocycles. The Labute approximate surface area is 198 Å². The zero-order chi connectivity index (χ0) is 25.6. The van der Waals surface area contributed by atoms with Gasteiger partial charge in [-0.2, -0.15) is 0 Å². The highest BCUT2D eigenvalue weighted by atomic mass is 32.2. The van der Waals surface area contributed by atoms with Gasteiger partial charge in [0, 0.05) is 24.6 Å². The van der Waals surface area contributed by atoms with Crippen LogP contribution < -0.4 is 4.31 Å². The number of hydrogen-bond acceptors (Lipinski definition) is 8. The van der Waals surface area contributed by atoms with Crippen molar-refractivity contribution >= 4 is 33.8 Å². The van der Waals surface area contributed by atoms with Crippen LogP contribution >= 0.6 is 0 Å². The molecular weight excluding hydrogens is 465 g/mol. The van der Waals surface area contributed by atoms with Gasteiger partial charge in [-0.1, -0.05) is 26.0 Å². The highest BCUT2D eigenvalue weighted by Gasteiger charge is 2.22. The molecule has 0 saturated heterocycles. The standard InChI is InChI=1S/C23H28FN3O6S/c1-14(2)21-19(11-10-17(28)12-18(29)13-20(30)33-4)22(15-6-8-16(24)9-7-15)26-23(25-21)27(3)34(5,31)32/h6-11,14,17,28H,12-13H2,1-5H3. The molecule has 0 amide bonds. The third-order valence-electron chi connectivity index (χ3n) is 4.90. The third kappa shape index (κ3) is 7.16. The van der Waals surface area contributed by atoms with E-state index in [4.69, 9.17) is 0 Å². The molecule has 11 heteroatoms. The molecule has 34 heavy (non-hydrogen) atoms. The number of aliphatic hydroxyl groups is 1. The average molecular weight is 494 g/mol. The van der Waals surface area contributed by atoms with Gasteiger partial charge in [0.2, 0.25) is 16.0 Å². The topological polar surface area (TPSA) is 127 Å². The summed E-state index contributed by atoms with van der Waals surface area (Å²) < 4.78 is 43.1. The van der Waals surface area contributed by atoms with Crippen LogP contribution in [-0.2, 0) is 24.3 Å². The highest BCUT2D eigenvalue weighted by molar-refractivity contribution is 7.92. The minimum absolute atomic E-state index is 0.0588. The number of carbonyl (C=O) groups excluding carboxylic acids is 2. The quantitative estimate of drug-likeness (QED) is 0.395. The number of methoxy groups -OCH3 is 1. The van der Waals surface area contributed by atoms with Crippen LogP contribution in [0, 0.1) is 5.82 Å². The molecule has 1 heterocycles. The second-order valence-electron chi connectivity index (χ2n) is 7.99. The Morgan fingerprint density at radius 1 is 1.21 bits per heavy atom. The molecular formula is C23H28FN3O6S. The smallest absolute Gasteiger partial charge is 0.313 e. The molecule has 184 valence electrons. The fourth-order valence-corrected chi connectivity index (χ4v) is 3.39. The fraction of sp³-hybridized carbons (Fsp3) is 0.391. The first-order chi connectivity index (χ1) is 15.8. The Morgan fingerprint density at radius 2 is 1.82 bits per heavy atom. The molecule has 2 aromatic rings. The van der Waals surface area contributed by atoms with Gasteiger partial charge in [0.05, 0.1) is 30.9 Å². The lowest BCUT2D eigenvalue weighted by Crippen LogP contribution is -2.27. The lowest BCUT2D eigenvalue weighted by Gasteiger charge is -2.20. The third-order valence-corrected chi connectivity index (χ3v) is 6.06. The molecule has 0 bridgehead atoms. The molecule has 9 nitrogen and oxygen atoms in total. The van der Waals surface area contributed by atoms with E-state index in [1.54, 1.807) is 0 Å². The largest absolute Gasteiger partial charge is 0.469 e. The van der Waals surface area contributed by atoms with Gasteiger partial charge in [-0.25, -0.2) is 27.1 Å². The Morgan fingerprint density at radius 3 is 2.35 bits per heavy atom. The number of ether oxygens (including phenoxy) is 1. The van der Waals surface area contributed by atoms with Gasteiger partial charge >= 0.3 is 5.97 Å². The average Bonchev–Trinajstić information content (AvgIpc) is 2.76. The molecule has 1 aromatic carbocycles. The number of benzene rings is 1. The number of sulfonamides is 1. The maximum atomic E-state index is 13.5. The predicted molar refractivity (Wildman–Crippen MR) is 126 cm³/mol. The molecule has 2 rings (SSSR count). The molecule has 1 unspecified atom stereocenters. The number of carbonyl (C=O) groups is 2. The number of hydrogen-bond donors (Lipinski definition) is 1. The Kier molecular flexibility index (Phi) is 9.00. The van der Waals surface area contributed by atoms with Gasteiger partial charge < -0.3 is 9.84 Å². The number of Topliss-reactive ketones (excluding diaryl/α,β-unsaturated/α-hetero) is 1. The number of aromatic nitrogens is 2. The van der Waals surface area contributed by atoms with Crippen molar-refractivity contribution in [3.63, 3.8) is 0 Å². The summed E-state index contributed by atoms with van der Waals surface area (Å²) in [6.07, 6.45) is 1.98. The van der Waals surface area contributed by atoms with Crippen LogP contribution in [0.1, 0.15) is 43.9 Å². The maximum Gasteiger partial charge on any atom is 0.313 e. The molecule has 0 aliphatic carbocycles. The van der Waals surface area contributed by atoms with Crippen molar-refractivity contribution in [2.24, 2.45) is 0 Å². The van der Waals surface area contributed by atoms with E-state index in [9.17, 15) is 27.5 Å². The SMILES string of the molecule is COC(=O)CC(=O)CC(O)C=Cc1c(-c2ccc(F)cc2)nc(N(C)S(C)(=O)=O)nc1C(C)C. The summed E-state index contributed by atoms with van der Waals surface area (Å²) in [5.74, 6) is -1.87. The number of nitrogens with zero attached hydrogens (tertiary/aromatic N) is 3. The zero-order valence-electron chi connectivity index (χ0n) is 19.6. The van der Waals surface area contributed by atoms with Crippen LogP contribution in [0.25, 0.3) is 17.3 Å². The van der Waals surface area contributed by atoms with E-state index in [1.165, 1.54) is 50.6 Å². The van der Waals surface area contributed by atoms with Crippen molar-refractivity contribution in [3.05, 3.63) is 47.4 Å². The molecule has 1 N–H and O–H groups in total. The van der Waals surface area contributed by atoms with Gasteiger partial charge in [-0.3, -0.25) is 9.59 Å². The maximum absolute atomic E-state index is 13.5. The van der Waals surface area contributed by atoms with Gasteiger partial charge in [-0.15, -0.1) is 0 Å². The van der Waals surface area contributed by atoms with Gasteiger partial charge in [0.15, 0.2) is 0 Å². The number of aliphatic hydroxyl groups excluding tert-OH is 1. The van der Waals surface area contributed by atoms with Crippen molar-refractivity contribution in [2.75, 3.05) is 24.7 Å². The summed E-state index contributed by atoms with van der Waals surface area (Å²) in [4.78, 5) is 32.0. The van der Waals surface area contributed by atoms with Crippen LogP contribution in [0.15, 0.2) is 30.3 Å². The van der Waals surface area contributed by atoms with E-state index in [0.29, 0.717) is 22.5 Å². The van der Waals surface area contributed by atoms with Crippen molar-refractivity contribution in [3.8, 4) is 11.3 Å². The molecule has 1 atom stereocenters. The van der Waals surface area contributed by atoms with Gasteiger partial charge in [0.25, 0.3) is 0 Å². The normalized spacial score (nSPS) is 12.7. The number of rotatable bonds is 10. The van der Waals surface area contributed by atoms with Crippen LogP contribution in [0.2, 0.25) is 0 Å². The van der Waals surface area contributed by atoms with Crippen molar-refractivity contribution in [1.82, 2.24) is 9.97 Å². The van der Waals surface area contributed by atoms with E-state index >= 15 is 0 Å². The lowest BCUT2D eigenvalue weighted by atomic mass is 9.97. The van der Waals surface area contributed by atoms with E-state index in [-0.39, 0.29) is 18.3 Å². The molecule has 0 aliphatic heterocycles. The molecule has 0 spiro atoms. The fourth-order valence-electron chi connectivity index (χ4n) is 3.01. The second kappa shape index (κ2) is 11.3. The molecule has 0 fully saturated rings. The monoisotopic (exact) mass is 493 g/mol. The van der Waals surface area contributed by atoms with Crippen LogP contribution in [0.4, 0.5) is 10.3 Å². The second-order valence-corrected chi connectivity index (χ2v) is 10.00. The minimum atomic E-state index is -3.65. The van der Waals surface area contributed by atoms with Gasteiger partial charge in [-0.05, 0) is 30.2 Å². The van der Waals surface area contributed by atoms with Crippen LogP contribution in [-0.4, -0.2) is 61.8 Å². The van der Waals surface area contributed by atoms with Crippen LogP contribution in [0.5, 0.6) is 0 Å². The summed E-state index contributed by atoms with van der Waals surface area (Å²) in [6.45, 7) is 3.71. The summed E-state index contributed by atoms with van der Waals surface area (Å²) >= 11 is 0. The number of esters is 1. The first-order valence-corrected chi connectivity index (χ1v) is 12.2. The lowest BCUT2D eigenvalue weighted by molar-refractivity contribution is -0.143. The van der Waals surface area contributed by atoms with Crippen molar-refractivity contribution in [2.45, 2.75) is 38.7 Å². The zero-order valence-corrected chi connectivity index (χ0v) is 20.5. The van der Waals surface area contributed by atoms with Crippen molar-refractivity contribution < 1.29 is 32.2 Å². The Bertz CT molecular complexity index is 1180. The molecule has 0 saturated carbocycles. The minimum Gasteiger partial charge on any atom is -0.469 e. The highest BCUT2D eigenvalue weighted by Crippen LogP contribution is 2.31. The Hall–Kier alpha value is -3.18. The Balaban J connectivity index is 2.58. The number of anilines is 1. The summed E-state index contributed by atoms with van der Waals surface area (Å²) in [7, 11) is -1.16. The molecule has 0 aliphatic rings. The summed E-state index contributed by atoms with van der Waals surface area (Å²) in [6, 6.07) is 5.50. The molecule has 0 radical (unpaired) electrons. The summed E-state index contributed by atoms with van der Waals surface area (Å²) in [5.41, 5.74) is 1.80. The van der Waals surface area contributed by atoms with E-state index < -0.39 is 40.1 Å². The number of halogens is 1. The number of ketones is 1. The van der Waals surface area contributed by atoms with E-state index in [2.05, 4.69) is 14.7 Å². The summed E-state index contributed by atoms with van der Waals surface area (Å²) in [5, 5.41) is 10.3. The van der Waals surface area contributed by atoms with Crippen LogP contribution in [0.3, 0.4) is 0 Å². The van der Waals surface area contributed by atoms with Crippen molar-refractivity contribution in [1.29, 1.82) is 0 Å².